The van der Waals surface area contributed by atoms with Crippen molar-refractivity contribution in [2.75, 3.05) is 18.1 Å². The maximum absolute atomic E-state index is 11.7. The van der Waals surface area contributed by atoms with Crippen LogP contribution >= 0.6 is 11.3 Å². The summed E-state index contributed by atoms with van der Waals surface area (Å²) in [4.78, 5) is 4.75. The predicted molar refractivity (Wildman–Crippen MR) is 79.1 cm³/mol. The van der Waals surface area contributed by atoms with Crippen molar-refractivity contribution < 1.29 is 13.2 Å². The Hall–Kier alpha value is -1.64. The molecule has 0 saturated carbocycles. The molecule has 0 aliphatic rings. The lowest BCUT2D eigenvalue weighted by molar-refractivity contribution is 0.340. The molecule has 3 N–H and O–H groups in total. The average molecular weight is 313 g/mol. The highest BCUT2D eigenvalue weighted by atomic mass is 32.2. The van der Waals surface area contributed by atoms with Crippen LogP contribution in [-0.2, 0) is 16.6 Å². The second-order valence-corrected chi connectivity index (χ2v) is 6.92. The molecule has 0 bridgehead atoms. The fraction of sp³-hybridized carbons (Fsp3) is 0.250. The highest BCUT2D eigenvalue weighted by molar-refractivity contribution is 7.89. The molecule has 0 amide bonds. The molecule has 0 fully saturated rings. The molecule has 1 aromatic heterocycles. The minimum Gasteiger partial charge on any atom is -0.492 e. The Morgan fingerprint density at radius 2 is 2.05 bits per heavy atom. The molecule has 2 aromatic rings. The number of thiazole rings is 1. The number of anilines is 1. The highest BCUT2D eigenvalue weighted by Gasteiger charge is 2.10. The third-order valence-electron chi connectivity index (χ3n) is 2.45. The molecule has 0 aliphatic heterocycles. The first-order valence-corrected chi connectivity index (χ1v) is 8.41. The van der Waals surface area contributed by atoms with E-state index >= 15 is 0 Å². The Bertz CT molecular complexity index is 624. The molecule has 0 spiro atoms. The standard InChI is InChI=1S/C12H15N3O3S2/c13-10-1-3-11(4-2-10)18-5-6-20(16,17)15-8-12-7-14-9-19-12/h1-4,7,9,15H,5-6,8,13H2. The van der Waals surface area contributed by atoms with E-state index in [2.05, 4.69) is 9.71 Å². The number of rotatable bonds is 7. The smallest absolute Gasteiger partial charge is 0.215 e. The van der Waals surface area contributed by atoms with Crippen molar-refractivity contribution >= 4 is 27.0 Å². The van der Waals surface area contributed by atoms with Gasteiger partial charge >= 0.3 is 0 Å². The second kappa shape index (κ2) is 6.69. The summed E-state index contributed by atoms with van der Waals surface area (Å²) < 4.78 is 31.3. The molecule has 1 aromatic carbocycles. The lowest BCUT2D eigenvalue weighted by Crippen LogP contribution is -2.28. The van der Waals surface area contributed by atoms with Crippen LogP contribution in [0.15, 0.2) is 36.0 Å². The lowest BCUT2D eigenvalue weighted by Gasteiger charge is -2.08. The molecular weight excluding hydrogens is 298 g/mol. The summed E-state index contributed by atoms with van der Waals surface area (Å²) in [6.07, 6.45) is 1.64. The van der Waals surface area contributed by atoms with Crippen molar-refractivity contribution in [3.63, 3.8) is 0 Å². The molecule has 8 heteroatoms. The molecule has 108 valence electrons. The Labute approximate surface area is 121 Å². The van der Waals surface area contributed by atoms with Gasteiger partial charge in [-0.05, 0) is 24.3 Å². The fourth-order valence-corrected chi connectivity index (χ4v) is 2.86. The molecule has 6 nitrogen and oxygen atoms in total. The number of nitrogens with two attached hydrogens (primary N) is 1. The number of aromatic nitrogens is 1. The first-order chi connectivity index (χ1) is 9.55. The van der Waals surface area contributed by atoms with E-state index in [1.807, 2.05) is 0 Å². The molecular formula is C12H15N3O3S2. The van der Waals surface area contributed by atoms with E-state index in [0.29, 0.717) is 11.4 Å². The Balaban J connectivity index is 1.76. The van der Waals surface area contributed by atoms with Gasteiger partial charge in [-0.25, -0.2) is 13.1 Å². The van der Waals surface area contributed by atoms with Crippen LogP contribution in [0.4, 0.5) is 5.69 Å². The van der Waals surface area contributed by atoms with Crippen molar-refractivity contribution in [2.45, 2.75) is 6.54 Å². The summed E-state index contributed by atoms with van der Waals surface area (Å²) in [6.45, 7) is 0.344. The molecule has 20 heavy (non-hydrogen) atoms. The van der Waals surface area contributed by atoms with Crippen LogP contribution in [0.3, 0.4) is 0 Å². The monoisotopic (exact) mass is 313 g/mol. The van der Waals surface area contributed by atoms with Gasteiger partial charge in [0.05, 0.1) is 11.3 Å². The number of nitrogen functional groups attached to an aromatic ring is 1. The van der Waals surface area contributed by atoms with E-state index in [0.717, 1.165) is 4.88 Å². The van der Waals surface area contributed by atoms with Crippen LogP contribution in [0.25, 0.3) is 0 Å². The zero-order chi connectivity index (χ0) is 14.4. The predicted octanol–water partition coefficient (Wildman–Crippen LogP) is 1.22. The third kappa shape index (κ3) is 4.80. The SMILES string of the molecule is Nc1ccc(OCCS(=O)(=O)NCc2cncs2)cc1. The van der Waals surface area contributed by atoms with E-state index in [4.69, 9.17) is 10.5 Å². The topological polar surface area (TPSA) is 94.3 Å². The van der Waals surface area contributed by atoms with Crippen LogP contribution in [0.1, 0.15) is 4.88 Å². The number of sulfonamides is 1. The molecule has 0 saturated heterocycles. The highest BCUT2D eigenvalue weighted by Crippen LogP contribution is 2.13. The number of nitrogens with zero attached hydrogens (tertiary/aromatic N) is 1. The second-order valence-electron chi connectivity index (χ2n) is 4.03. The van der Waals surface area contributed by atoms with E-state index in [-0.39, 0.29) is 18.9 Å². The molecule has 1 heterocycles. The molecule has 0 radical (unpaired) electrons. The van der Waals surface area contributed by atoms with Gasteiger partial charge in [-0.15, -0.1) is 11.3 Å². The third-order valence-corrected chi connectivity index (χ3v) is 4.52. The number of nitrogens with one attached hydrogen (secondary N) is 1. The van der Waals surface area contributed by atoms with E-state index in [1.54, 1.807) is 36.0 Å². The summed E-state index contributed by atoms with van der Waals surface area (Å²) in [5.41, 5.74) is 7.84. The van der Waals surface area contributed by atoms with Crippen LogP contribution in [0.5, 0.6) is 5.75 Å². The lowest BCUT2D eigenvalue weighted by atomic mass is 10.3. The number of hydrogen-bond acceptors (Lipinski definition) is 6. The first-order valence-electron chi connectivity index (χ1n) is 5.88. The van der Waals surface area contributed by atoms with Gasteiger partial charge < -0.3 is 10.5 Å². The molecule has 0 atom stereocenters. The average Bonchev–Trinajstić information content (AvgIpc) is 2.92. The largest absolute Gasteiger partial charge is 0.492 e. The van der Waals surface area contributed by atoms with Gasteiger partial charge in [0.1, 0.15) is 12.4 Å². The Kier molecular flexibility index (Phi) is 4.94. The van der Waals surface area contributed by atoms with Gasteiger partial charge in [0.2, 0.25) is 10.0 Å². The fourth-order valence-electron chi connectivity index (χ4n) is 1.42. The van der Waals surface area contributed by atoms with Crippen LogP contribution in [0.2, 0.25) is 0 Å². The number of benzene rings is 1. The quantitative estimate of drug-likeness (QED) is 0.750. The minimum absolute atomic E-state index is 0.0853. The number of hydrogen-bond donors (Lipinski definition) is 2. The minimum atomic E-state index is -3.36. The van der Waals surface area contributed by atoms with Gasteiger partial charge in [0.15, 0.2) is 0 Å². The van der Waals surface area contributed by atoms with Gasteiger partial charge in [-0.3, -0.25) is 4.98 Å². The Morgan fingerprint density at radius 1 is 1.30 bits per heavy atom. The number of ether oxygens (including phenoxy) is 1. The van der Waals surface area contributed by atoms with Crippen LogP contribution < -0.4 is 15.2 Å². The molecule has 0 aliphatic carbocycles. The Morgan fingerprint density at radius 3 is 2.70 bits per heavy atom. The van der Waals surface area contributed by atoms with Gasteiger partial charge in [-0.1, -0.05) is 0 Å². The normalized spacial score (nSPS) is 11.4. The van der Waals surface area contributed by atoms with Crippen molar-refractivity contribution in [1.29, 1.82) is 0 Å². The van der Waals surface area contributed by atoms with E-state index in [1.165, 1.54) is 11.3 Å². The maximum Gasteiger partial charge on any atom is 0.215 e. The summed E-state index contributed by atoms with van der Waals surface area (Å²) >= 11 is 1.40. The van der Waals surface area contributed by atoms with Crippen molar-refractivity contribution in [1.82, 2.24) is 9.71 Å². The van der Waals surface area contributed by atoms with E-state index < -0.39 is 10.0 Å². The summed E-state index contributed by atoms with van der Waals surface area (Å²) in [5.74, 6) is 0.493. The molecule has 2 rings (SSSR count). The molecule has 0 unspecified atom stereocenters. The van der Waals surface area contributed by atoms with Crippen molar-refractivity contribution in [3.8, 4) is 5.75 Å². The van der Waals surface area contributed by atoms with Crippen molar-refractivity contribution in [2.24, 2.45) is 0 Å². The zero-order valence-corrected chi connectivity index (χ0v) is 12.3. The zero-order valence-electron chi connectivity index (χ0n) is 10.7. The van der Waals surface area contributed by atoms with E-state index in [9.17, 15) is 8.42 Å². The van der Waals surface area contributed by atoms with Crippen LogP contribution in [0, 0.1) is 0 Å². The first kappa shape index (κ1) is 14.8. The van der Waals surface area contributed by atoms with Crippen LogP contribution in [-0.4, -0.2) is 25.8 Å². The van der Waals surface area contributed by atoms with Gasteiger partial charge in [0.25, 0.3) is 0 Å². The van der Waals surface area contributed by atoms with Gasteiger partial charge in [0, 0.05) is 23.3 Å². The van der Waals surface area contributed by atoms with Gasteiger partial charge in [-0.2, -0.15) is 0 Å². The summed E-state index contributed by atoms with van der Waals surface area (Å²) in [6, 6.07) is 6.80. The summed E-state index contributed by atoms with van der Waals surface area (Å²) in [5, 5.41) is 0. The van der Waals surface area contributed by atoms with Crippen molar-refractivity contribution in [3.05, 3.63) is 40.8 Å². The summed E-state index contributed by atoms with van der Waals surface area (Å²) in [7, 11) is -3.36. The maximum atomic E-state index is 11.7.